The second kappa shape index (κ2) is 10.7. The van der Waals surface area contributed by atoms with Gasteiger partial charge in [0.15, 0.2) is 0 Å². The highest BCUT2D eigenvalue weighted by Gasteiger charge is 2.29. The molecule has 3 aromatic carbocycles. The molecule has 2 amide bonds. The number of carboxylic acids is 1. The van der Waals surface area contributed by atoms with Gasteiger partial charge in [-0.1, -0.05) is 64.5 Å². The van der Waals surface area contributed by atoms with Crippen LogP contribution in [0.15, 0.2) is 71.2 Å². The van der Waals surface area contributed by atoms with Crippen molar-refractivity contribution in [1.82, 2.24) is 5.32 Å². The maximum absolute atomic E-state index is 12.2. The molecule has 0 radical (unpaired) electrons. The molecule has 1 aliphatic carbocycles. The Labute approximate surface area is 210 Å². The zero-order valence-electron chi connectivity index (χ0n) is 18.5. The summed E-state index contributed by atoms with van der Waals surface area (Å²) in [5, 5.41) is 24.3. The summed E-state index contributed by atoms with van der Waals surface area (Å²) in [4.78, 5) is 35.6. The number of carboxylic acid groups (broad SMARTS) is 1. The fraction of sp³-hybridized carbons (Fsp3) is 0.192. The van der Waals surface area contributed by atoms with E-state index < -0.39 is 24.1 Å². The number of halogens is 1. The summed E-state index contributed by atoms with van der Waals surface area (Å²) in [7, 11) is 0. The number of rotatable bonds is 8. The van der Waals surface area contributed by atoms with Gasteiger partial charge in [0.2, 0.25) is 5.91 Å². The molecule has 3 aromatic rings. The number of anilines is 1. The van der Waals surface area contributed by atoms with Crippen LogP contribution >= 0.6 is 15.9 Å². The summed E-state index contributed by atoms with van der Waals surface area (Å²) < 4.78 is 5.91. The van der Waals surface area contributed by atoms with Gasteiger partial charge in [-0.3, -0.25) is 4.79 Å². The molecule has 1 aliphatic rings. The molecular weight excluding hydrogens is 516 g/mol. The van der Waals surface area contributed by atoms with E-state index in [0.717, 1.165) is 22.3 Å². The molecule has 4 rings (SSSR count). The van der Waals surface area contributed by atoms with E-state index in [0.29, 0.717) is 4.47 Å². The molecule has 0 aliphatic heterocycles. The lowest BCUT2D eigenvalue weighted by Crippen LogP contribution is -2.35. The van der Waals surface area contributed by atoms with Crippen LogP contribution in [0.5, 0.6) is 0 Å². The molecule has 1 unspecified atom stereocenters. The Morgan fingerprint density at radius 1 is 0.971 bits per heavy atom. The molecule has 0 fully saturated rings. The van der Waals surface area contributed by atoms with Crippen LogP contribution in [-0.2, 0) is 9.53 Å². The van der Waals surface area contributed by atoms with E-state index in [1.807, 2.05) is 48.5 Å². The Balaban J connectivity index is 1.26. The van der Waals surface area contributed by atoms with Gasteiger partial charge in [0.1, 0.15) is 6.61 Å². The van der Waals surface area contributed by atoms with Gasteiger partial charge in [0, 0.05) is 22.6 Å². The zero-order valence-corrected chi connectivity index (χ0v) is 20.1. The molecular formula is C26H23BrN2O6. The Hall–Kier alpha value is -3.69. The highest BCUT2D eigenvalue weighted by molar-refractivity contribution is 9.10. The third kappa shape index (κ3) is 5.87. The summed E-state index contributed by atoms with van der Waals surface area (Å²) in [6.07, 6.45) is -2.13. The van der Waals surface area contributed by atoms with Crippen LogP contribution in [-0.4, -0.2) is 47.4 Å². The first kappa shape index (κ1) is 24.4. The average Bonchev–Trinajstić information content (AvgIpc) is 3.14. The molecule has 0 bridgehead atoms. The number of amides is 2. The number of aromatic carboxylic acids is 1. The quantitative estimate of drug-likeness (QED) is 0.337. The summed E-state index contributed by atoms with van der Waals surface area (Å²) in [5.74, 6) is -1.74. The molecule has 0 saturated heterocycles. The predicted molar refractivity (Wildman–Crippen MR) is 133 cm³/mol. The Morgan fingerprint density at radius 3 is 2.23 bits per heavy atom. The number of aliphatic hydroxyl groups excluding tert-OH is 1. The zero-order chi connectivity index (χ0) is 24.9. The van der Waals surface area contributed by atoms with Crippen LogP contribution in [0.3, 0.4) is 0 Å². The highest BCUT2D eigenvalue weighted by atomic mass is 79.9. The van der Waals surface area contributed by atoms with Gasteiger partial charge in [0.25, 0.3) is 0 Å². The van der Waals surface area contributed by atoms with Crippen molar-refractivity contribution in [3.63, 3.8) is 0 Å². The molecule has 0 heterocycles. The molecule has 35 heavy (non-hydrogen) atoms. The number of carbonyl (C=O) groups is 3. The van der Waals surface area contributed by atoms with Gasteiger partial charge < -0.3 is 25.6 Å². The molecule has 1 atom stereocenters. The number of fused-ring (bicyclic) bond motifs is 3. The van der Waals surface area contributed by atoms with Gasteiger partial charge in [-0.2, -0.15) is 0 Å². The molecule has 8 nitrogen and oxygen atoms in total. The number of hydrogen-bond acceptors (Lipinski definition) is 5. The van der Waals surface area contributed by atoms with E-state index in [1.165, 1.54) is 12.1 Å². The van der Waals surface area contributed by atoms with Crippen LogP contribution in [0.4, 0.5) is 10.5 Å². The maximum atomic E-state index is 12.2. The van der Waals surface area contributed by atoms with E-state index in [4.69, 9.17) is 9.84 Å². The van der Waals surface area contributed by atoms with Crippen molar-refractivity contribution in [3.05, 3.63) is 87.9 Å². The SMILES string of the molecule is O=C(CC(O)CNC(=O)OCC1c2ccccc2-c2ccccc21)Nc1cc(Br)cc(C(=O)O)c1. The Bertz CT molecular complexity index is 1230. The van der Waals surface area contributed by atoms with E-state index in [-0.39, 0.29) is 36.7 Å². The smallest absolute Gasteiger partial charge is 0.407 e. The summed E-state index contributed by atoms with van der Waals surface area (Å²) in [6.45, 7) is -0.0335. The largest absolute Gasteiger partial charge is 0.478 e. The molecule has 0 spiro atoms. The number of carbonyl (C=O) groups excluding carboxylic acids is 2. The van der Waals surface area contributed by atoms with Crippen molar-refractivity contribution in [2.75, 3.05) is 18.5 Å². The normalized spacial score (nSPS) is 12.9. The number of nitrogens with one attached hydrogen (secondary N) is 2. The van der Waals surface area contributed by atoms with Gasteiger partial charge >= 0.3 is 12.1 Å². The number of ether oxygens (including phenoxy) is 1. The van der Waals surface area contributed by atoms with Crippen LogP contribution < -0.4 is 10.6 Å². The van der Waals surface area contributed by atoms with E-state index in [9.17, 15) is 19.5 Å². The lowest BCUT2D eigenvalue weighted by atomic mass is 9.98. The highest BCUT2D eigenvalue weighted by Crippen LogP contribution is 2.44. The number of hydrogen-bond donors (Lipinski definition) is 4. The van der Waals surface area contributed by atoms with E-state index in [1.54, 1.807) is 6.07 Å². The van der Waals surface area contributed by atoms with Crippen LogP contribution in [0.2, 0.25) is 0 Å². The molecule has 180 valence electrons. The molecule has 9 heteroatoms. The standard InChI is InChI=1S/C26H23BrN2O6/c27-16-9-15(25(32)33)10-17(11-16)29-24(31)12-18(30)13-28-26(34)35-14-23-21-7-3-1-5-19(21)20-6-2-4-8-22(20)23/h1-11,18,23,30H,12-14H2,(H,28,34)(H,29,31)(H,32,33). The fourth-order valence-corrected chi connectivity index (χ4v) is 4.63. The van der Waals surface area contributed by atoms with Gasteiger partial charge in [-0.05, 0) is 40.5 Å². The lowest BCUT2D eigenvalue weighted by molar-refractivity contribution is -0.118. The predicted octanol–water partition coefficient (Wildman–Crippen LogP) is 4.38. The topological polar surface area (TPSA) is 125 Å². The fourth-order valence-electron chi connectivity index (χ4n) is 4.13. The first-order valence-corrected chi connectivity index (χ1v) is 11.7. The first-order chi connectivity index (χ1) is 16.8. The third-order valence-corrected chi connectivity index (χ3v) is 6.13. The van der Waals surface area contributed by atoms with Crippen molar-refractivity contribution in [2.24, 2.45) is 0 Å². The minimum atomic E-state index is -1.15. The van der Waals surface area contributed by atoms with Gasteiger partial charge in [-0.15, -0.1) is 0 Å². The number of aliphatic hydroxyl groups is 1. The summed E-state index contributed by atoms with van der Waals surface area (Å²) >= 11 is 3.19. The van der Waals surface area contributed by atoms with Gasteiger partial charge in [-0.25, -0.2) is 9.59 Å². The minimum Gasteiger partial charge on any atom is -0.478 e. The van der Waals surface area contributed by atoms with Gasteiger partial charge in [0.05, 0.1) is 18.1 Å². The second-order valence-corrected chi connectivity index (χ2v) is 9.06. The minimum absolute atomic E-state index is 0.00662. The van der Waals surface area contributed by atoms with E-state index >= 15 is 0 Å². The third-order valence-electron chi connectivity index (χ3n) is 5.68. The van der Waals surface area contributed by atoms with Crippen LogP contribution in [0, 0.1) is 0 Å². The molecule has 0 aromatic heterocycles. The molecule has 4 N–H and O–H groups in total. The molecule has 0 saturated carbocycles. The Morgan fingerprint density at radius 2 is 1.60 bits per heavy atom. The van der Waals surface area contributed by atoms with Crippen LogP contribution in [0.25, 0.3) is 11.1 Å². The monoisotopic (exact) mass is 538 g/mol. The number of alkyl carbamates (subject to hydrolysis) is 1. The van der Waals surface area contributed by atoms with Crippen molar-refractivity contribution < 1.29 is 29.3 Å². The van der Waals surface area contributed by atoms with Crippen molar-refractivity contribution in [3.8, 4) is 11.1 Å². The van der Waals surface area contributed by atoms with Crippen LogP contribution in [0.1, 0.15) is 33.8 Å². The lowest BCUT2D eigenvalue weighted by Gasteiger charge is -2.16. The summed E-state index contributed by atoms with van der Waals surface area (Å²) in [6, 6.07) is 20.3. The Kier molecular flexibility index (Phi) is 7.48. The average molecular weight is 539 g/mol. The summed E-state index contributed by atoms with van der Waals surface area (Å²) in [5.41, 5.74) is 4.72. The van der Waals surface area contributed by atoms with Crippen molar-refractivity contribution >= 4 is 39.6 Å². The maximum Gasteiger partial charge on any atom is 0.407 e. The second-order valence-electron chi connectivity index (χ2n) is 8.15. The van der Waals surface area contributed by atoms with E-state index in [2.05, 4.69) is 26.6 Å². The first-order valence-electron chi connectivity index (χ1n) is 10.9. The number of benzene rings is 3. The van der Waals surface area contributed by atoms with Crippen molar-refractivity contribution in [1.29, 1.82) is 0 Å². The van der Waals surface area contributed by atoms with Crippen molar-refractivity contribution in [2.45, 2.75) is 18.4 Å².